The molecule has 0 radical (unpaired) electrons. The summed E-state index contributed by atoms with van der Waals surface area (Å²) in [6, 6.07) is 5.91. The second-order valence-corrected chi connectivity index (χ2v) is 6.72. The molecule has 0 unspecified atom stereocenters. The van der Waals surface area contributed by atoms with Gasteiger partial charge in [0.25, 0.3) is 0 Å². The molecule has 2 heterocycles. The summed E-state index contributed by atoms with van der Waals surface area (Å²) in [5.41, 5.74) is 6.28. The number of rotatable bonds is 2. The number of nitrogens with zero attached hydrogens (tertiary/aromatic N) is 4. The highest BCUT2D eigenvalue weighted by molar-refractivity contribution is 7.90. The van der Waals surface area contributed by atoms with Crippen molar-refractivity contribution in [2.45, 2.75) is 5.16 Å². The molecule has 0 fully saturated rings. The normalized spacial score (nSPS) is 12.0. The van der Waals surface area contributed by atoms with Gasteiger partial charge in [-0.15, -0.1) is 0 Å². The number of hydrogen-bond donors (Lipinski definition) is 1. The van der Waals surface area contributed by atoms with E-state index in [0.717, 1.165) is 6.26 Å². The molecule has 9 heteroatoms. The van der Waals surface area contributed by atoms with Crippen LogP contribution in [-0.2, 0) is 16.9 Å². The lowest BCUT2D eigenvalue weighted by molar-refractivity contribution is 0.593. The molecule has 7 nitrogen and oxygen atoms in total. The van der Waals surface area contributed by atoms with Crippen LogP contribution in [-0.4, -0.2) is 34.4 Å². The molecule has 0 saturated heterocycles. The van der Waals surface area contributed by atoms with Crippen molar-refractivity contribution in [2.24, 2.45) is 7.05 Å². The molecule has 1 aromatic carbocycles. The molecule has 0 amide bonds. The lowest BCUT2D eigenvalue weighted by Gasteiger charge is -2.06. The second kappa shape index (κ2) is 4.73. The lowest BCUT2D eigenvalue weighted by atomic mass is 10.1. The zero-order valence-corrected chi connectivity index (χ0v) is 12.6. The fraction of sp³-hybridized carbons (Fsp3) is 0.154. The van der Waals surface area contributed by atoms with Crippen molar-refractivity contribution in [3.63, 3.8) is 0 Å². The van der Waals surface area contributed by atoms with Crippen molar-refractivity contribution in [1.82, 2.24) is 19.7 Å². The van der Waals surface area contributed by atoms with Gasteiger partial charge < -0.3 is 5.73 Å². The summed E-state index contributed by atoms with van der Waals surface area (Å²) in [5.74, 6) is -0.307. The first-order valence-corrected chi connectivity index (χ1v) is 8.13. The SMILES string of the molecule is Cn1nc2nc(S(C)(=O)=O)nc(-c3ccccc3F)c2c1N. The third-order valence-electron chi connectivity index (χ3n) is 3.18. The fourth-order valence-corrected chi connectivity index (χ4v) is 2.62. The fourth-order valence-electron chi connectivity index (χ4n) is 2.11. The zero-order chi connectivity index (χ0) is 16.1. The van der Waals surface area contributed by atoms with Gasteiger partial charge in [-0.1, -0.05) is 12.1 Å². The highest BCUT2D eigenvalue weighted by Crippen LogP contribution is 2.32. The number of halogens is 1. The first-order chi connectivity index (χ1) is 10.3. The van der Waals surface area contributed by atoms with Gasteiger partial charge in [-0.25, -0.2) is 17.8 Å². The standard InChI is InChI=1S/C13H12FN5O2S/c1-19-11(15)9-10(7-5-3-4-6-8(7)14)16-13(22(2,20)21)17-12(9)18-19/h3-6H,15H2,1-2H3. The zero-order valence-electron chi connectivity index (χ0n) is 11.8. The third-order valence-corrected chi connectivity index (χ3v) is 4.03. The molecule has 3 aromatic rings. The van der Waals surface area contributed by atoms with E-state index in [2.05, 4.69) is 15.1 Å². The van der Waals surface area contributed by atoms with E-state index in [0.29, 0.717) is 5.39 Å². The van der Waals surface area contributed by atoms with Crippen LogP contribution in [0.5, 0.6) is 0 Å². The molecule has 3 rings (SSSR count). The summed E-state index contributed by atoms with van der Waals surface area (Å²) in [7, 11) is -2.09. The smallest absolute Gasteiger partial charge is 0.249 e. The number of nitrogens with two attached hydrogens (primary N) is 1. The summed E-state index contributed by atoms with van der Waals surface area (Å²) in [6.45, 7) is 0. The number of sulfone groups is 1. The van der Waals surface area contributed by atoms with Crippen molar-refractivity contribution >= 4 is 26.7 Å². The molecule has 0 aliphatic heterocycles. The van der Waals surface area contributed by atoms with Gasteiger partial charge >= 0.3 is 0 Å². The monoisotopic (exact) mass is 321 g/mol. The van der Waals surface area contributed by atoms with Gasteiger partial charge in [0.15, 0.2) is 5.65 Å². The molecular weight excluding hydrogens is 309 g/mol. The van der Waals surface area contributed by atoms with E-state index < -0.39 is 20.8 Å². The van der Waals surface area contributed by atoms with Gasteiger partial charge in [-0.3, -0.25) is 4.68 Å². The first-order valence-electron chi connectivity index (χ1n) is 6.24. The number of aryl methyl sites for hydroxylation is 1. The number of anilines is 1. The molecule has 0 bridgehead atoms. The molecule has 0 saturated carbocycles. The number of benzene rings is 1. The molecule has 2 N–H and O–H groups in total. The van der Waals surface area contributed by atoms with Crippen LogP contribution in [0.1, 0.15) is 0 Å². The Morgan fingerprint density at radius 2 is 1.91 bits per heavy atom. The number of aromatic nitrogens is 4. The maximum absolute atomic E-state index is 14.1. The Hall–Kier alpha value is -2.55. The molecule has 0 aliphatic carbocycles. The minimum absolute atomic E-state index is 0.105. The van der Waals surface area contributed by atoms with E-state index in [1.807, 2.05) is 0 Å². The van der Waals surface area contributed by atoms with E-state index in [1.54, 1.807) is 13.1 Å². The van der Waals surface area contributed by atoms with Crippen LogP contribution in [0.4, 0.5) is 10.2 Å². The topological polar surface area (TPSA) is 104 Å². The third kappa shape index (κ3) is 2.19. The highest BCUT2D eigenvalue weighted by Gasteiger charge is 2.22. The molecule has 0 spiro atoms. The van der Waals surface area contributed by atoms with Gasteiger partial charge in [0.1, 0.15) is 11.6 Å². The van der Waals surface area contributed by atoms with Crippen LogP contribution in [0, 0.1) is 5.82 Å². The highest BCUT2D eigenvalue weighted by atomic mass is 32.2. The molecule has 0 aliphatic rings. The van der Waals surface area contributed by atoms with Crippen LogP contribution < -0.4 is 5.73 Å². The summed E-state index contributed by atoms with van der Waals surface area (Å²) in [6.07, 6.45) is 0.978. The Bertz CT molecular complexity index is 997. The van der Waals surface area contributed by atoms with Gasteiger partial charge in [0.2, 0.25) is 15.0 Å². The van der Waals surface area contributed by atoms with Crippen molar-refractivity contribution in [3.8, 4) is 11.3 Å². The molecule has 0 atom stereocenters. The molecular formula is C13H12FN5O2S. The van der Waals surface area contributed by atoms with Crippen molar-refractivity contribution < 1.29 is 12.8 Å². The maximum Gasteiger partial charge on any atom is 0.249 e. The van der Waals surface area contributed by atoms with E-state index in [4.69, 9.17) is 5.73 Å². The predicted molar refractivity (Wildman–Crippen MR) is 79.2 cm³/mol. The average Bonchev–Trinajstić information content (AvgIpc) is 2.73. The van der Waals surface area contributed by atoms with Gasteiger partial charge in [-0.05, 0) is 12.1 Å². The number of nitrogen functional groups attached to an aromatic ring is 1. The summed E-state index contributed by atoms with van der Waals surface area (Å²) in [5, 5.41) is 3.96. The number of fused-ring (bicyclic) bond motifs is 1. The van der Waals surface area contributed by atoms with E-state index >= 15 is 0 Å². The Labute approximate surface area is 125 Å². The van der Waals surface area contributed by atoms with Crippen LogP contribution >= 0.6 is 0 Å². The van der Waals surface area contributed by atoms with Crippen molar-refractivity contribution in [1.29, 1.82) is 0 Å². The largest absolute Gasteiger partial charge is 0.383 e. The summed E-state index contributed by atoms with van der Waals surface area (Å²) < 4.78 is 38.9. The summed E-state index contributed by atoms with van der Waals surface area (Å²) >= 11 is 0. The van der Waals surface area contributed by atoms with Crippen molar-refractivity contribution in [3.05, 3.63) is 30.1 Å². The summed E-state index contributed by atoms with van der Waals surface area (Å²) in [4.78, 5) is 7.92. The van der Waals surface area contributed by atoms with Crippen LogP contribution in [0.2, 0.25) is 0 Å². The molecule has 114 valence electrons. The molecule has 2 aromatic heterocycles. The first kappa shape index (κ1) is 14.4. The Kier molecular flexibility index (Phi) is 3.10. The Balaban J connectivity index is 2.48. The number of hydrogen-bond acceptors (Lipinski definition) is 6. The van der Waals surface area contributed by atoms with Crippen LogP contribution in [0.3, 0.4) is 0 Å². The van der Waals surface area contributed by atoms with Crippen LogP contribution in [0.15, 0.2) is 29.4 Å². The minimum Gasteiger partial charge on any atom is -0.383 e. The Morgan fingerprint density at radius 1 is 1.23 bits per heavy atom. The second-order valence-electron chi connectivity index (χ2n) is 4.81. The van der Waals surface area contributed by atoms with E-state index in [1.165, 1.54) is 22.9 Å². The van der Waals surface area contributed by atoms with E-state index in [9.17, 15) is 12.8 Å². The average molecular weight is 321 g/mol. The molecule has 22 heavy (non-hydrogen) atoms. The van der Waals surface area contributed by atoms with Gasteiger partial charge in [-0.2, -0.15) is 10.1 Å². The van der Waals surface area contributed by atoms with E-state index in [-0.39, 0.29) is 22.7 Å². The quantitative estimate of drug-likeness (QED) is 0.710. The Morgan fingerprint density at radius 3 is 2.55 bits per heavy atom. The minimum atomic E-state index is -3.68. The van der Waals surface area contributed by atoms with Gasteiger partial charge in [0.05, 0.1) is 11.1 Å². The van der Waals surface area contributed by atoms with Crippen molar-refractivity contribution in [2.75, 3.05) is 12.0 Å². The predicted octanol–water partition coefficient (Wildman–Crippen LogP) is 1.16. The van der Waals surface area contributed by atoms with Crippen LogP contribution in [0.25, 0.3) is 22.3 Å². The lowest BCUT2D eigenvalue weighted by Crippen LogP contribution is -2.06. The van der Waals surface area contributed by atoms with Gasteiger partial charge in [0, 0.05) is 18.9 Å². The maximum atomic E-state index is 14.1.